The molecule has 1 amide bonds. The molecule has 0 aliphatic carbocycles. The van der Waals surface area contributed by atoms with Crippen LogP contribution in [0.1, 0.15) is 24.4 Å². The van der Waals surface area contributed by atoms with Crippen LogP contribution in [0.15, 0.2) is 16.5 Å². The van der Waals surface area contributed by atoms with E-state index >= 15 is 0 Å². The summed E-state index contributed by atoms with van der Waals surface area (Å²) in [6.45, 7) is 5.48. The number of nitrogens with one attached hydrogen (secondary N) is 1. The quantitative estimate of drug-likeness (QED) is 0.915. The van der Waals surface area contributed by atoms with E-state index < -0.39 is 0 Å². The van der Waals surface area contributed by atoms with Crippen molar-refractivity contribution in [3.8, 4) is 0 Å². The molecule has 0 spiro atoms. The summed E-state index contributed by atoms with van der Waals surface area (Å²) in [5.74, 6) is 7.16. The zero-order valence-corrected chi connectivity index (χ0v) is 14.8. The Kier molecular flexibility index (Phi) is 5.42. The number of amides is 1. The highest BCUT2D eigenvalue weighted by Crippen LogP contribution is 2.32. The van der Waals surface area contributed by atoms with Gasteiger partial charge in [0.15, 0.2) is 0 Å². The van der Waals surface area contributed by atoms with Crippen molar-refractivity contribution in [1.29, 1.82) is 0 Å². The molecule has 3 rings (SSSR count). The Morgan fingerprint density at radius 2 is 2.00 bits per heavy atom. The molecule has 2 saturated heterocycles. The third-order valence-corrected chi connectivity index (χ3v) is 6.86. The van der Waals surface area contributed by atoms with E-state index in [0.717, 1.165) is 24.6 Å². The second-order valence-corrected chi connectivity index (χ2v) is 8.42. The lowest BCUT2D eigenvalue weighted by molar-refractivity contribution is -0.119. The number of carbonyl (C=O) groups excluding carboxylic acids is 1. The van der Waals surface area contributed by atoms with Crippen molar-refractivity contribution in [2.45, 2.75) is 31.8 Å². The molecule has 4 nitrogen and oxygen atoms in total. The Balaban J connectivity index is 1.73. The van der Waals surface area contributed by atoms with E-state index in [-0.39, 0.29) is 17.9 Å². The highest BCUT2D eigenvalue weighted by molar-refractivity contribution is 8.03. The van der Waals surface area contributed by atoms with Crippen LogP contribution in [0.2, 0.25) is 0 Å². The van der Waals surface area contributed by atoms with Crippen molar-refractivity contribution in [3.05, 3.63) is 23.7 Å². The Morgan fingerprint density at radius 3 is 2.59 bits per heavy atom. The van der Waals surface area contributed by atoms with Crippen molar-refractivity contribution >= 4 is 29.4 Å². The number of furan rings is 1. The third kappa shape index (κ3) is 3.84. The van der Waals surface area contributed by atoms with Gasteiger partial charge in [-0.25, -0.2) is 0 Å². The monoisotopic (exact) mass is 340 g/mol. The fourth-order valence-electron chi connectivity index (χ4n) is 3.30. The first kappa shape index (κ1) is 16.3. The highest BCUT2D eigenvalue weighted by atomic mass is 32.2. The SMILES string of the molecule is CC(=O)N[C@@H]1CN(C2CSCCSC2)C[C@H]1c1ccc(C)o1. The van der Waals surface area contributed by atoms with Gasteiger partial charge in [-0.1, -0.05) is 0 Å². The van der Waals surface area contributed by atoms with Crippen LogP contribution in [0.3, 0.4) is 0 Å². The number of thioether (sulfide) groups is 2. The normalized spacial score (nSPS) is 27.7. The number of hydrogen-bond donors (Lipinski definition) is 1. The molecular weight excluding hydrogens is 316 g/mol. The van der Waals surface area contributed by atoms with Crippen molar-refractivity contribution in [2.75, 3.05) is 36.1 Å². The molecule has 6 heteroatoms. The molecular formula is C16H24N2O2S2. The Hall–Kier alpha value is -0.590. The third-order valence-electron chi connectivity index (χ3n) is 4.37. The largest absolute Gasteiger partial charge is 0.466 e. The average Bonchev–Trinajstić information content (AvgIpc) is 2.96. The summed E-state index contributed by atoms with van der Waals surface area (Å²) >= 11 is 4.11. The number of carbonyl (C=O) groups is 1. The maximum absolute atomic E-state index is 11.6. The van der Waals surface area contributed by atoms with E-state index in [4.69, 9.17) is 4.42 Å². The lowest BCUT2D eigenvalue weighted by atomic mass is 10.0. The summed E-state index contributed by atoms with van der Waals surface area (Å²) in [7, 11) is 0. The molecule has 1 N–H and O–H groups in total. The van der Waals surface area contributed by atoms with Crippen molar-refractivity contribution in [1.82, 2.24) is 10.2 Å². The molecule has 0 unspecified atom stereocenters. The number of likely N-dealkylation sites (tertiary alicyclic amines) is 1. The highest BCUT2D eigenvalue weighted by Gasteiger charge is 2.39. The first-order valence-corrected chi connectivity index (χ1v) is 10.2. The second-order valence-electron chi connectivity index (χ2n) is 6.12. The summed E-state index contributed by atoms with van der Waals surface area (Å²) < 4.78 is 5.85. The first-order chi connectivity index (χ1) is 10.6. The molecule has 1 aromatic heterocycles. The zero-order chi connectivity index (χ0) is 15.5. The molecule has 122 valence electrons. The molecule has 2 aliphatic heterocycles. The number of aryl methyl sites for hydroxylation is 1. The Bertz CT molecular complexity index is 512. The fourth-order valence-corrected chi connectivity index (χ4v) is 5.92. The summed E-state index contributed by atoms with van der Waals surface area (Å²) in [5.41, 5.74) is 0. The van der Waals surface area contributed by atoms with Gasteiger partial charge in [-0.3, -0.25) is 9.69 Å². The molecule has 2 aliphatic rings. The summed E-state index contributed by atoms with van der Waals surface area (Å²) in [6, 6.07) is 4.84. The smallest absolute Gasteiger partial charge is 0.217 e. The number of rotatable bonds is 3. The minimum Gasteiger partial charge on any atom is -0.466 e. The molecule has 2 fully saturated rings. The maximum atomic E-state index is 11.6. The van der Waals surface area contributed by atoms with Crippen LogP contribution in [0.4, 0.5) is 0 Å². The molecule has 0 saturated carbocycles. The lowest BCUT2D eigenvalue weighted by Gasteiger charge is -2.25. The van der Waals surface area contributed by atoms with E-state index in [1.54, 1.807) is 6.92 Å². The molecule has 0 radical (unpaired) electrons. The maximum Gasteiger partial charge on any atom is 0.217 e. The molecule has 0 aromatic carbocycles. The van der Waals surface area contributed by atoms with Gasteiger partial charge in [-0.2, -0.15) is 23.5 Å². The molecule has 0 bridgehead atoms. The van der Waals surface area contributed by atoms with Crippen LogP contribution in [0.5, 0.6) is 0 Å². The van der Waals surface area contributed by atoms with Crippen LogP contribution in [-0.2, 0) is 4.79 Å². The van der Waals surface area contributed by atoms with Gasteiger partial charge >= 0.3 is 0 Å². The van der Waals surface area contributed by atoms with E-state index in [2.05, 4.69) is 39.8 Å². The Labute approximate surface area is 140 Å². The average molecular weight is 341 g/mol. The van der Waals surface area contributed by atoms with Crippen molar-refractivity contribution in [3.63, 3.8) is 0 Å². The molecule has 3 heterocycles. The van der Waals surface area contributed by atoms with Crippen LogP contribution in [0.25, 0.3) is 0 Å². The predicted octanol–water partition coefficient (Wildman–Crippen LogP) is 2.34. The van der Waals surface area contributed by atoms with Gasteiger partial charge < -0.3 is 9.73 Å². The van der Waals surface area contributed by atoms with E-state index in [0.29, 0.717) is 6.04 Å². The van der Waals surface area contributed by atoms with E-state index in [1.165, 1.54) is 23.0 Å². The van der Waals surface area contributed by atoms with Gasteiger partial charge in [-0.15, -0.1) is 0 Å². The summed E-state index contributed by atoms with van der Waals surface area (Å²) in [4.78, 5) is 14.1. The predicted molar refractivity (Wildman–Crippen MR) is 93.8 cm³/mol. The van der Waals surface area contributed by atoms with Crippen LogP contribution >= 0.6 is 23.5 Å². The zero-order valence-electron chi connectivity index (χ0n) is 13.2. The fraction of sp³-hybridized carbons (Fsp3) is 0.688. The number of hydrogen-bond acceptors (Lipinski definition) is 5. The minimum atomic E-state index is 0.0461. The van der Waals surface area contributed by atoms with Crippen LogP contribution < -0.4 is 5.32 Å². The summed E-state index contributed by atoms with van der Waals surface area (Å²) in [6.07, 6.45) is 0. The van der Waals surface area contributed by atoms with Gasteiger partial charge in [0.1, 0.15) is 11.5 Å². The molecule has 22 heavy (non-hydrogen) atoms. The minimum absolute atomic E-state index is 0.0461. The van der Waals surface area contributed by atoms with Gasteiger partial charge in [-0.05, 0) is 19.1 Å². The van der Waals surface area contributed by atoms with Gasteiger partial charge in [0.2, 0.25) is 5.91 Å². The van der Waals surface area contributed by atoms with Gasteiger partial charge in [0, 0.05) is 49.1 Å². The van der Waals surface area contributed by atoms with Crippen molar-refractivity contribution < 1.29 is 9.21 Å². The first-order valence-electron chi connectivity index (χ1n) is 7.86. The lowest BCUT2D eigenvalue weighted by Crippen LogP contribution is -2.41. The van der Waals surface area contributed by atoms with Crippen molar-refractivity contribution in [2.24, 2.45) is 0 Å². The molecule has 1 aromatic rings. The van der Waals surface area contributed by atoms with Crippen LogP contribution in [-0.4, -0.2) is 59.0 Å². The van der Waals surface area contributed by atoms with Gasteiger partial charge in [0.25, 0.3) is 0 Å². The Morgan fingerprint density at radius 1 is 1.27 bits per heavy atom. The topological polar surface area (TPSA) is 45.5 Å². The van der Waals surface area contributed by atoms with E-state index in [9.17, 15) is 4.79 Å². The second kappa shape index (κ2) is 7.32. The van der Waals surface area contributed by atoms with Crippen LogP contribution in [0, 0.1) is 6.92 Å². The molecule has 2 atom stereocenters. The van der Waals surface area contributed by atoms with E-state index in [1.807, 2.05) is 13.0 Å². The standard InChI is InChI=1S/C16H24N2O2S2/c1-11-3-4-16(20-11)14-7-18(8-15(14)17-12(2)19)13-9-21-5-6-22-10-13/h3-4,13-15H,5-10H2,1-2H3,(H,17,19)/t14-,15-/m1/s1. The van der Waals surface area contributed by atoms with Gasteiger partial charge in [0.05, 0.1) is 12.0 Å². The summed E-state index contributed by atoms with van der Waals surface area (Å²) in [5, 5.41) is 3.13. The number of nitrogens with zero attached hydrogens (tertiary/aromatic N) is 1.